The Balaban J connectivity index is 1.45. The number of hydrazine groups is 1. The Morgan fingerprint density at radius 2 is 1.76 bits per heavy atom. The van der Waals surface area contributed by atoms with Crippen molar-refractivity contribution in [2.75, 3.05) is 6.61 Å². The van der Waals surface area contributed by atoms with Crippen LogP contribution in [0.25, 0.3) is 11.1 Å². The molecule has 1 heterocycles. The number of carbonyl (C=O) groups excluding carboxylic acids is 3. The Bertz CT molecular complexity index is 1100. The molecule has 2 aliphatic rings. The Labute approximate surface area is 196 Å². The summed E-state index contributed by atoms with van der Waals surface area (Å²) in [5.74, 6) is -2.76. The van der Waals surface area contributed by atoms with E-state index in [0.29, 0.717) is 6.42 Å². The summed E-state index contributed by atoms with van der Waals surface area (Å²) < 4.78 is 5.51. The maximum absolute atomic E-state index is 13.0. The molecule has 0 spiro atoms. The normalized spacial score (nSPS) is 17.4. The molecule has 1 aliphatic heterocycles. The first-order valence-electron chi connectivity index (χ1n) is 11.0. The fourth-order valence-electron chi connectivity index (χ4n) is 4.42. The second-order valence-corrected chi connectivity index (χ2v) is 8.19. The van der Waals surface area contributed by atoms with E-state index in [2.05, 4.69) is 17.3 Å². The maximum Gasteiger partial charge on any atom is 0.407 e. The van der Waals surface area contributed by atoms with Gasteiger partial charge in [-0.25, -0.2) is 14.6 Å². The Hall–Kier alpha value is -4.14. The second-order valence-electron chi connectivity index (χ2n) is 8.19. The first-order chi connectivity index (χ1) is 16.4. The van der Waals surface area contributed by atoms with Crippen molar-refractivity contribution >= 4 is 23.9 Å². The van der Waals surface area contributed by atoms with Gasteiger partial charge in [-0.3, -0.25) is 15.0 Å². The first-order valence-corrected chi connectivity index (χ1v) is 11.0. The summed E-state index contributed by atoms with van der Waals surface area (Å²) in [7, 11) is 0. The number of aliphatic carboxylic acids is 1. The van der Waals surface area contributed by atoms with Crippen LogP contribution in [-0.4, -0.2) is 52.7 Å². The molecule has 2 unspecified atom stereocenters. The standard InChI is InChI=1S/C25H25N3O6/c1-2-3-12-20(23(30)28-21(24(31)32)13-22(29)27-28)26-25(33)34-14-19-17-10-6-4-8-15(17)16-9-5-7-11-18(16)19/h2,4-11,19-21H,1,3,12-14H2,(H,26,33)(H,27,29)(H,31,32). The lowest BCUT2D eigenvalue weighted by Gasteiger charge is -2.26. The second kappa shape index (κ2) is 9.78. The number of benzene rings is 2. The van der Waals surface area contributed by atoms with E-state index in [-0.39, 0.29) is 25.4 Å². The van der Waals surface area contributed by atoms with Crippen LogP contribution in [0, 0.1) is 0 Å². The van der Waals surface area contributed by atoms with E-state index in [1.54, 1.807) is 6.08 Å². The number of amides is 3. The van der Waals surface area contributed by atoms with E-state index in [9.17, 15) is 24.3 Å². The van der Waals surface area contributed by atoms with Crippen LogP contribution in [0.2, 0.25) is 0 Å². The van der Waals surface area contributed by atoms with Crippen molar-refractivity contribution in [3.8, 4) is 11.1 Å². The number of carbonyl (C=O) groups is 4. The number of nitrogens with zero attached hydrogens (tertiary/aromatic N) is 1. The Morgan fingerprint density at radius 3 is 2.35 bits per heavy atom. The van der Waals surface area contributed by atoms with Crippen molar-refractivity contribution in [3.05, 3.63) is 72.3 Å². The number of nitrogens with one attached hydrogen (secondary N) is 2. The molecule has 3 amide bonds. The maximum atomic E-state index is 13.0. The summed E-state index contributed by atoms with van der Waals surface area (Å²) in [4.78, 5) is 48.8. The highest BCUT2D eigenvalue weighted by atomic mass is 16.5. The predicted molar refractivity (Wildman–Crippen MR) is 122 cm³/mol. The third-order valence-electron chi connectivity index (χ3n) is 6.05. The average molecular weight is 463 g/mol. The molecule has 2 aromatic rings. The van der Waals surface area contributed by atoms with Gasteiger partial charge in [-0.1, -0.05) is 54.6 Å². The molecule has 1 fully saturated rings. The quantitative estimate of drug-likeness (QED) is 0.517. The molecule has 34 heavy (non-hydrogen) atoms. The number of hydrogen-bond acceptors (Lipinski definition) is 5. The molecule has 4 rings (SSSR count). The van der Waals surface area contributed by atoms with Crippen molar-refractivity contribution in [2.45, 2.75) is 37.3 Å². The molecule has 0 saturated carbocycles. The number of carboxylic acids is 1. The highest BCUT2D eigenvalue weighted by molar-refractivity contribution is 5.96. The monoisotopic (exact) mass is 463 g/mol. The summed E-state index contributed by atoms with van der Waals surface area (Å²) >= 11 is 0. The average Bonchev–Trinajstić information content (AvgIpc) is 3.38. The number of alkyl carbamates (subject to hydrolysis) is 1. The third kappa shape index (κ3) is 4.50. The molecule has 1 aliphatic carbocycles. The third-order valence-corrected chi connectivity index (χ3v) is 6.05. The van der Waals surface area contributed by atoms with Crippen molar-refractivity contribution < 1.29 is 29.0 Å². The van der Waals surface area contributed by atoms with E-state index >= 15 is 0 Å². The number of hydrogen-bond donors (Lipinski definition) is 3. The van der Waals surface area contributed by atoms with Crippen LogP contribution in [-0.2, 0) is 19.1 Å². The summed E-state index contributed by atoms with van der Waals surface area (Å²) in [5, 5.41) is 12.6. The van der Waals surface area contributed by atoms with Gasteiger partial charge in [-0.2, -0.15) is 0 Å². The molecule has 176 valence electrons. The van der Waals surface area contributed by atoms with Gasteiger partial charge in [-0.15, -0.1) is 6.58 Å². The number of rotatable bonds is 8. The minimum absolute atomic E-state index is 0.0699. The van der Waals surface area contributed by atoms with E-state index in [4.69, 9.17) is 4.74 Å². The van der Waals surface area contributed by atoms with Crippen LogP contribution in [0.4, 0.5) is 4.79 Å². The van der Waals surface area contributed by atoms with Gasteiger partial charge in [0.15, 0.2) is 6.04 Å². The molecule has 2 aromatic carbocycles. The van der Waals surface area contributed by atoms with Crippen LogP contribution in [0.15, 0.2) is 61.2 Å². The summed E-state index contributed by atoms with van der Waals surface area (Å²) in [6.07, 6.45) is 0.990. The minimum Gasteiger partial charge on any atom is -0.480 e. The molecule has 0 aromatic heterocycles. The zero-order chi connectivity index (χ0) is 24.2. The zero-order valence-electron chi connectivity index (χ0n) is 18.4. The van der Waals surface area contributed by atoms with E-state index in [0.717, 1.165) is 27.3 Å². The molecule has 0 bridgehead atoms. The van der Waals surface area contributed by atoms with E-state index in [1.165, 1.54) is 0 Å². The van der Waals surface area contributed by atoms with Gasteiger partial charge in [0.1, 0.15) is 12.6 Å². The smallest absolute Gasteiger partial charge is 0.407 e. The van der Waals surface area contributed by atoms with Gasteiger partial charge >= 0.3 is 12.1 Å². The fourth-order valence-corrected chi connectivity index (χ4v) is 4.42. The Morgan fingerprint density at radius 1 is 1.15 bits per heavy atom. The van der Waals surface area contributed by atoms with Crippen LogP contribution < -0.4 is 10.7 Å². The fraction of sp³-hybridized carbons (Fsp3) is 0.280. The number of fused-ring (bicyclic) bond motifs is 3. The molecule has 0 radical (unpaired) electrons. The largest absolute Gasteiger partial charge is 0.480 e. The molecular formula is C25H25N3O6. The summed E-state index contributed by atoms with van der Waals surface area (Å²) in [5.41, 5.74) is 6.56. The Kier molecular flexibility index (Phi) is 6.62. The van der Waals surface area contributed by atoms with Gasteiger partial charge in [0.25, 0.3) is 5.91 Å². The van der Waals surface area contributed by atoms with Crippen molar-refractivity contribution in [1.82, 2.24) is 15.8 Å². The lowest BCUT2D eigenvalue weighted by Crippen LogP contribution is -2.55. The minimum atomic E-state index is -1.34. The van der Waals surface area contributed by atoms with Gasteiger partial charge < -0.3 is 15.2 Å². The molecule has 9 nitrogen and oxygen atoms in total. The SMILES string of the molecule is C=CCCC(NC(=O)OCC1c2ccccc2-c2ccccc21)C(=O)N1NC(=O)CC1C(=O)O. The zero-order valence-corrected chi connectivity index (χ0v) is 18.4. The molecular weight excluding hydrogens is 438 g/mol. The van der Waals surface area contributed by atoms with Crippen LogP contribution in [0.3, 0.4) is 0 Å². The predicted octanol–water partition coefficient (Wildman–Crippen LogP) is 2.58. The van der Waals surface area contributed by atoms with Gasteiger partial charge in [0, 0.05) is 5.92 Å². The van der Waals surface area contributed by atoms with Crippen LogP contribution >= 0.6 is 0 Å². The number of carboxylic acid groups (broad SMARTS) is 1. The van der Waals surface area contributed by atoms with Crippen molar-refractivity contribution in [2.24, 2.45) is 0 Å². The molecule has 9 heteroatoms. The van der Waals surface area contributed by atoms with Crippen LogP contribution in [0.5, 0.6) is 0 Å². The van der Waals surface area contributed by atoms with Crippen molar-refractivity contribution in [3.63, 3.8) is 0 Å². The molecule has 1 saturated heterocycles. The van der Waals surface area contributed by atoms with Gasteiger partial charge in [0.2, 0.25) is 5.91 Å². The highest BCUT2D eigenvalue weighted by Crippen LogP contribution is 2.44. The van der Waals surface area contributed by atoms with Crippen LogP contribution in [0.1, 0.15) is 36.3 Å². The van der Waals surface area contributed by atoms with Crippen molar-refractivity contribution in [1.29, 1.82) is 0 Å². The molecule has 3 N–H and O–H groups in total. The topological polar surface area (TPSA) is 125 Å². The van der Waals surface area contributed by atoms with Gasteiger partial charge in [-0.05, 0) is 35.1 Å². The first kappa shape index (κ1) is 23.0. The molecule has 2 atom stereocenters. The summed E-state index contributed by atoms with van der Waals surface area (Å²) in [6.45, 7) is 3.69. The van der Waals surface area contributed by atoms with E-state index < -0.39 is 36.0 Å². The number of allylic oxidation sites excluding steroid dienone is 1. The highest BCUT2D eigenvalue weighted by Gasteiger charge is 2.41. The van der Waals surface area contributed by atoms with E-state index in [1.807, 2.05) is 48.5 Å². The van der Waals surface area contributed by atoms with Gasteiger partial charge in [0.05, 0.1) is 6.42 Å². The lowest BCUT2D eigenvalue weighted by atomic mass is 9.98. The lowest BCUT2D eigenvalue weighted by molar-refractivity contribution is -0.151. The number of ether oxygens (including phenoxy) is 1. The summed E-state index contributed by atoms with van der Waals surface area (Å²) in [6, 6.07) is 13.4.